The average molecular weight is 472 g/mol. The predicted molar refractivity (Wildman–Crippen MR) is 141 cm³/mol. The number of allylic oxidation sites excluding steroid dienone is 1. The van der Waals surface area contributed by atoms with Gasteiger partial charge in [0.15, 0.2) is 11.6 Å². The number of rotatable bonds is 4. The molecule has 0 saturated heterocycles. The van der Waals surface area contributed by atoms with Crippen LogP contribution in [0.4, 0.5) is 11.4 Å². The summed E-state index contributed by atoms with van der Waals surface area (Å²) in [6.45, 7) is 0. The van der Waals surface area contributed by atoms with Crippen LogP contribution in [-0.2, 0) is 4.79 Å². The lowest BCUT2D eigenvalue weighted by Crippen LogP contribution is -2.26. The van der Waals surface area contributed by atoms with E-state index in [1.807, 2.05) is 78.9 Å². The normalized spacial score (nSPS) is 18.8. The summed E-state index contributed by atoms with van der Waals surface area (Å²) >= 11 is 0. The first-order valence-electron chi connectivity index (χ1n) is 12.2. The molecule has 2 aliphatic rings. The lowest BCUT2D eigenvalue weighted by atomic mass is 9.79. The molecule has 2 N–H and O–H groups in total. The van der Waals surface area contributed by atoms with Crippen LogP contribution in [0.1, 0.15) is 51.8 Å². The molecule has 0 unspecified atom stereocenters. The summed E-state index contributed by atoms with van der Waals surface area (Å²) in [5.41, 5.74) is 6.58. The zero-order chi connectivity index (χ0) is 24.5. The number of Topliss-reactive ketones (excluding diaryl/α,β-unsaturated/α-hetero) is 1. The number of pyridine rings is 1. The highest BCUT2D eigenvalue weighted by Crippen LogP contribution is 2.44. The first kappa shape index (κ1) is 22.0. The van der Waals surface area contributed by atoms with Crippen molar-refractivity contribution in [3.63, 3.8) is 0 Å². The van der Waals surface area contributed by atoms with Gasteiger partial charge in [0.25, 0.3) is 0 Å². The van der Waals surface area contributed by atoms with E-state index in [0.717, 1.165) is 33.8 Å². The summed E-state index contributed by atoms with van der Waals surface area (Å²) in [4.78, 5) is 31.1. The highest BCUT2D eigenvalue weighted by molar-refractivity contribution is 6.10. The van der Waals surface area contributed by atoms with Crippen molar-refractivity contribution in [3.8, 4) is 0 Å². The zero-order valence-electron chi connectivity index (χ0n) is 19.6. The second-order valence-electron chi connectivity index (χ2n) is 9.28. The Kier molecular flexibility index (Phi) is 5.66. The van der Waals surface area contributed by atoms with Gasteiger partial charge in [-0.25, -0.2) is 0 Å². The number of ketones is 2. The molecular weight excluding hydrogens is 446 g/mol. The number of nitrogens with zero attached hydrogens (tertiary/aromatic N) is 1. The van der Waals surface area contributed by atoms with Gasteiger partial charge in [-0.05, 0) is 47.7 Å². The molecule has 0 fully saturated rings. The van der Waals surface area contributed by atoms with Gasteiger partial charge in [-0.3, -0.25) is 14.6 Å². The minimum atomic E-state index is -0.331. The number of fused-ring (bicyclic) bond motifs is 1. The molecule has 3 aromatic carbocycles. The Bertz CT molecular complexity index is 1460. The molecule has 2 heterocycles. The van der Waals surface area contributed by atoms with Crippen LogP contribution in [0.5, 0.6) is 0 Å². The fraction of sp³-hybridized carbons (Fsp3) is 0.129. The second kappa shape index (κ2) is 9.27. The number of carbonyl (C=O) groups excluding carboxylic acids is 2. The van der Waals surface area contributed by atoms with Crippen molar-refractivity contribution in [3.05, 3.63) is 137 Å². The first-order valence-corrected chi connectivity index (χ1v) is 12.2. The highest BCUT2D eigenvalue weighted by atomic mass is 16.1. The molecule has 0 bridgehead atoms. The van der Waals surface area contributed by atoms with Crippen molar-refractivity contribution in [1.29, 1.82) is 0 Å². The van der Waals surface area contributed by atoms with Crippen LogP contribution in [0, 0.1) is 0 Å². The van der Waals surface area contributed by atoms with Gasteiger partial charge in [0.2, 0.25) is 0 Å². The van der Waals surface area contributed by atoms with Crippen molar-refractivity contribution in [1.82, 2.24) is 4.98 Å². The van der Waals surface area contributed by atoms with Crippen molar-refractivity contribution < 1.29 is 9.59 Å². The van der Waals surface area contributed by atoms with Crippen LogP contribution in [0.2, 0.25) is 0 Å². The Labute approximate surface area is 209 Å². The zero-order valence-corrected chi connectivity index (χ0v) is 19.6. The van der Waals surface area contributed by atoms with Gasteiger partial charge >= 0.3 is 0 Å². The Balaban J connectivity index is 1.43. The van der Waals surface area contributed by atoms with E-state index in [2.05, 4.69) is 27.8 Å². The van der Waals surface area contributed by atoms with Crippen molar-refractivity contribution in [2.45, 2.75) is 24.8 Å². The average Bonchev–Trinajstić information content (AvgIpc) is 3.10. The molecule has 0 amide bonds. The Morgan fingerprint density at radius 1 is 0.778 bits per heavy atom. The molecule has 0 saturated carbocycles. The molecule has 2 atom stereocenters. The molecular formula is C31H25N3O2. The van der Waals surface area contributed by atoms with Gasteiger partial charge in [0.05, 0.1) is 17.4 Å². The summed E-state index contributed by atoms with van der Waals surface area (Å²) in [5, 5.41) is 7.14. The van der Waals surface area contributed by atoms with E-state index in [9.17, 15) is 9.59 Å². The third kappa shape index (κ3) is 4.09. The monoisotopic (exact) mass is 471 g/mol. The highest BCUT2D eigenvalue weighted by Gasteiger charge is 2.36. The van der Waals surface area contributed by atoms with Gasteiger partial charge in [-0.2, -0.15) is 0 Å². The number of aromatic nitrogens is 1. The Hall–Kier alpha value is -4.51. The molecule has 5 heteroatoms. The maximum Gasteiger partial charge on any atom is 0.193 e. The predicted octanol–water partition coefficient (Wildman–Crippen LogP) is 6.29. The molecule has 1 aliphatic heterocycles. The quantitative estimate of drug-likeness (QED) is 0.342. The number of hydrogen-bond acceptors (Lipinski definition) is 5. The number of anilines is 2. The standard InChI is InChI=1S/C31H25N3O2/c35-28-18-24(20-8-3-1-4-9-20)17-27-29(28)30(23-12-7-15-32-19-23)34-25-14-13-22(16-26(25)33-27)31(36)21-10-5-2-6-11-21/h1-16,19,24,30,33-34H,17-18H2/t24-,30-/m1/s1. The fourth-order valence-electron chi connectivity index (χ4n) is 5.20. The van der Waals surface area contributed by atoms with Crippen LogP contribution >= 0.6 is 0 Å². The van der Waals surface area contributed by atoms with Crippen LogP contribution < -0.4 is 10.6 Å². The van der Waals surface area contributed by atoms with E-state index >= 15 is 0 Å². The minimum Gasteiger partial charge on any atom is -0.372 e. The van der Waals surface area contributed by atoms with E-state index < -0.39 is 0 Å². The van der Waals surface area contributed by atoms with Gasteiger partial charge in [0.1, 0.15) is 0 Å². The summed E-state index contributed by atoms with van der Waals surface area (Å²) in [7, 11) is 0. The lowest BCUT2D eigenvalue weighted by Gasteiger charge is -2.29. The molecule has 1 aromatic heterocycles. The molecule has 4 aromatic rings. The summed E-state index contributed by atoms with van der Waals surface area (Å²) in [5.74, 6) is 0.173. The summed E-state index contributed by atoms with van der Waals surface area (Å²) in [6, 6.07) is 28.6. The van der Waals surface area contributed by atoms with E-state index in [-0.39, 0.29) is 23.5 Å². The molecule has 36 heavy (non-hydrogen) atoms. The smallest absolute Gasteiger partial charge is 0.193 e. The topological polar surface area (TPSA) is 71.1 Å². The molecule has 6 rings (SSSR count). The molecule has 176 valence electrons. The number of nitrogens with one attached hydrogen (secondary N) is 2. The van der Waals surface area contributed by atoms with Crippen LogP contribution in [0.15, 0.2) is 115 Å². The Morgan fingerprint density at radius 2 is 1.53 bits per heavy atom. The van der Waals surface area contributed by atoms with Gasteiger partial charge in [-0.15, -0.1) is 0 Å². The number of carbonyl (C=O) groups is 2. The maximum absolute atomic E-state index is 13.6. The van der Waals surface area contributed by atoms with E-state index in [1.165, 1.54) is 0 Å². The SMILES string of the molecule is O=C1C[C@H](c2ccccc2)CC2=C1[C@@H](c1cccnc1)Nc1ccc(C(=O)c3ccccc3)cc1N2. The third-order valence-corrected chi connectivity index (χ3v) is 6.99. The van der Waals surface area contributed by atoms with Crippen LogP contribution in [0.25, 0.3) is 0 Å². The van der Waals surface area contributed by atoms with Crippen molar-refractivity contribution in [2.24, 2.45) is 0 Å². The summed E-state index contributed by atoms with van der Waals surface area (Å²) in [6.07, 6.45) is 4.70. The third-order valence-electron chi connectivity index (χ3n) is 6.99. The molecule has 0 radical (unpaired) electrons. The van der Waals surface area contributed by atoms with Gasteiger partial charge in [-0.1, -0.05) is 66.7 Å². The minimum absolute atomic E-state index is 0.0376. The molecule has 1 aliphatic carbocycles. The van der Waals surface area contributed by atoms with Gasteiger partial charge in [0, 0.05) is 41.2 Å². The molecule has 5 nitrogen and oxygen atoms in total. The fourth-order valence-corrected chi connectivity index (χ4v) is 5.20. The van der Waals surface area contributed by atoms with E-state index in [0.29, 0.717) is 24.0 Å². The van der Waals surface area contributed by atoms with E-state index in [4.69, 9.17) is 0 Å². The van der Waals surface area contributed by atoms with Crippen molar-refractivity contribution in [2.75, 3.05) is 10.6 Å². The first-order chi connectivity index (χ1) is 17.7. The lowest BCUT2D eigenvalue weighted by molar-refractivity contribution is -0.116. The Morgan fingerprint density at radius 3 is 2.28 bits per heavy atom. The maximum atomic E-state index is 13.6. The summed E-state index contributed by atoms with van der Waals surface area (Å²) < 4.78 is 0. The number of hydrogen-bond donors (Lipinski definition) is 2. The van der Waals surface area contributed by atoms with Gasteiger partial charge < -0.3 is 10.6 Å². The van der Waals surface area contributed by atoms with Crippen LogP contribution in [-0.4, -0.2) is 16.6 Å². The van der Waals surface area contributed by atoms with E-state index in [1.54, 1.807) is 12.4 Å². The van der Waals surface area contributed by atoms with Crippen molar-refractivity contribution >= 4 is 22.9 Å². The largest absolute Gasteiger partial charge is 0.372 e. The molecule has 0 spiro atoms. The van der Waals surface area contributed by atoms with Crippen LogP contribution in [0.3, 0.4) is 0 Å². The second-order valence-corrected chi connectivity index (χ2v) is 9.28. The number of benzene rings is 3.